The lowest BCUT2D eigenvalue weighted by atomic mass is 10.2. The average Bonchev–Trinajstić information content (AvgIpc) is 3.03. The van der Waals surface area contributed by atoms with Crippen LogP contribution in [0.2, 0.25) is 0 Å². The Morgan fingerprint density at radius 1 is 1.26 bits per heavy atom. The smallest absolute Gasteiger partial charge is 0.317 e. The van der Waals surface area contributed by atoms with Crippen molar-refractivity contribution in [3.05, 3.63) is 23.8 Å². The summed E-state index contributed by atoms with van der Waals surface area (Å²) < 4.78 is 32.7. The van der Waals surface area contributed by atoms with Crippen LogP contribution in [0.15, 0.2) is 23.1 Å². The third kappa shape index (κ3) is 3.00. The minimum atomic E-state index is -3.60. The van der Waals surface area contributed by atoms with Gasteiger partial charge in [-0.3, -0.25) is 0 Å². The van der Waals surface area contributed by atoms with Crippen molar-refractivity contribution in [3.8, 4) is 5.75 Å². The monoisotopic (exact) mass is 339 g/mol. The van der Waals surface area contributed by atoms with Crippen molar-refractivity contribution in [2.75, 3.05) is 39.3 Å². The maximum absolute atomic E-state index is 12.9. The molecule has 2 amide bonds. The molecule has 2 aliphatic rings. The molecule has 23 heavy (non-hydrogen) atoms. The number of carbonyl (C=O) groups excluding carboxylic acids is 1. The van der Waals surface area contributed by atoms with Crippen molar-refractivity contribution in [3.63, 3.8) is 0 Å². The number of piperazine rings is 1. The number of rotatable bonds is 3. The lowest BCUT2D eigenvalue weighted by Gasteiger charge is -2.34. The second kappa shape index (κ2) is 6.37. The molecular weight excluding hydrogens is 318 g/mol. The summed E-state index contributed by atoms with van der Waals surface area (Å²) in [5.74, 6) is 0.485. The normalized spacial score (nSPS) is 18.4. The molecule has 0 radical (unpaired) electrons. The van der Waals surface area contributed by atoms with Crippen molar-refractivity contribution in [2.45, 2.75) is 18.2 Å². The lowest BCUT2D eigenvalue weighted by Crippen LogP contribution is -2.53. The first-order valence-electron chi connectivity index (χ1n) is 7.81. The van der Waals surface area contributed by atoms with Crippen LogP contribution in [0.3, 0.4) is 0 Å². The van der Waals surface area contributed by atoms with E-state index in [0.717, 1.165) is 12.0 Å². The summed E-state index contributed by atoms with van der Waals surface area (Å²) in [5.41, 5.74) is 0.937. The Hall–Kier alpha value is -1.80. The Bertz CT molecular complexity index is 697. The van der Waals surface area contributed by atoms with Crippen LogP contribution < -0.4 is 10.1 Å². The summed E-state index contributed by atoms with van der Waals surface area (Å²) in [5, 5.41) is 2.73. The van der Waals surface area contributed by atoms with Crippen LogP contribution >= 0.6 is 0 Å². The number of hydrogen-bond donors (Lipinski definition) is 1. The van der Waals surface area contributed by atoms with E-state index in [1.54, 1.807) is 17.0 Å². The summed E-state index contributed by atoms with van der Waals surface area (Å²) in [6.07, 6.45) is 0.740. The molecule has 2 aliphatic heterocycles. The first-order chi connectivity index (χ1) is 11.0. The van der Waals surface area contributed by atoms with Gasteiger partial charge in [0.1, 0.15) is 10.6 Å². The molecule has 0 aromatic heterocycles. The summed E-state index contributed by atoms with van der Waals surface area (Å²) in [7, 11) is -3.60. The SMILES string of the molecule is CCNC(=O)N1CCN(S(=O)(=O)c2cccc3c2OCC3)CC1. The molecule has 2 heterocycles. The molecule has 0 atom stereocenters. The third-order valence-corrected chi connectivity index (χ3v) is 6.07. The Labute approximate surface area is 136 Å². The Balaban J connectivity index is 1.75. The third-order valence-electron chi connectivity index (χ3n) is 4.15. The van der Waals surface area contributed by atoms with Gasteiger partial charge < -0.3 is 15.0 Å². The van der Waals surface area contributed by atoms with Gasteiger partial charge in [-0.1, -0.05) is 12.1 Å². The van der Waals surface area contributed by atoms with Gasteiger partial charge in [-0.25, -0.2) is 13.2 Å². The molecule has 7 nitrogen and oxygen atoms in total. The van der Waals surface area contributed by atoms with Crippen molar-refractivity contribution < 1.29 is 17.9 Å². The zero-order chi connectivity index (χ0) is 16.4. The number of urea groups is 1. The minimum Gasteiger partial charge on any atom is -0.492 e. The molecular formula is C15H21N3O4S. The molecule has 0 unspecified atom stereocenters. The fraction of sp³-hybridized carbons (Fsp3) is 0.533. The van der Waals surface area contributed by atoms with E-state index in [2.05, 4.69) is 5.32 Å². The number of para-hydroxylation sites is 1. The van der Waals surface area contributed by atoms with Crippen LogP contribution in [-0.4, -0.2) is 63.0 Å². The van der Waals surface area contributed by atoms with Crippen LogP contribution in [0.25, 0.3) is 0 Å². The Morgan fingerprint density at radius 2 is 2.00 bits per heavy atom. The number of nitrogens with zero attached hydrogens (tertiary/aromatic N) is 2. The van der Waals surface area contributed by atoms with Gasteiger partial charge >= 0.3 is 6.03 Å². The Morgan fingerprint density at radius 3 is 2.70 bits per heavy atom. The molecule has 8 heteroatoms. The number of carbonyl (C=O) groups is 1. The molecule has 1 aromatic carbocycles. The fourth-order valence-corrected chi connectivity index (χ4v) is 4.52. The largest absolute Gasteiger partial charge is 0.492 e. The van der Waals surface area contributed by atoms with Crippen LogP contribution in [0.4, 0.5) is 4.79 Å². The number of hydrogen-bond acceptors (Lipinski definition) is 4. The molecule has 3 rings (SSSR count). The predicted octanol–water partition coefficient (Wildman–Crippen LogP) is 0.657. The quantitative estimate of drug-likeness (QED) is 0.877. The van der Waals surface area contributed by atoms with E-state index in [4.69, 9.17) is 4.74 Å². The molecule has 0 spiro atoms. The van der Waals surface area contributed by atoms with E-state index in [1.165, 1.54) is 4.31 Å². The van der Waals surface area contributed by atoms with Gasteiger partial charge in [0.25, 0.3) is 0 Å². The number of nitrogens with one attached hydrogen (secondary N) is 1. The predicted molar refractivity (Wildman–Crippen MR) is 85.0 cm³/mol. The van der Waals surface area contributed by atoms with E-state index in [1.807, 2.05) is 13.0 Å². The summed E-state index contributed by atoms with van der Waals surface area (Å²) in [4.78, 5) is 13.7. The van der Waals surface area contributed by atoms with Crippen LogP contribution in [0, 0.1) is 0 Å². The van der Waals surface area contributed by atoms with Gasteiger partial charge in [0.05, 0.1) is 6.61 Å². The first kappa shape index (κ1) is 16.1. The number of fused-ring (bicyclic) bond motifs is 1. The van der Waals surface area contributed by atoms with Gasteiger partial charge in [-0.15, -0.1) is 0 Å². The first-order valence-corrected chi connectivity index (χ1v) is 9.25. The second-order valence-corrected chi connectivity index (χ2v) is 7.48. The Kier molecular flexibility index (Phi) is 4.45. The van der Waals surface area contributed by atoms with Crippen molar-refractivity contribution in [1.29, 1.82) is 0 Å². The molecule has 126 valence electrons. The van der Waals surface area contributed by atoms with Gasteiger partial charge in [0.15, 0.2) is 0 Å². The van der Waals surface area contributed by atoms with Crippen LogP contribution in [0.1, 0.15) is 12.5 Å². The zero-order valence-corrected chi connectivity index (χ0v) is 13.9. The van der Waals surface area contributed by atoms with Gasteiger partial charge in [-0.05, 0) is 18.6 Å². The topological polar surface area (TPSA) is 79.0 Å². The van der Waals surface area contributed by atoms with Gasteiger partial charge in [0, 0.05) is 39.1 Å². The van der Waals surface area contributed by atoms with Crippen molar-refractivity contribution >= 4 is 16.1 Å². The van der Waals surface area contributed by atoms with Crippen LogP contribution in [-0.2, 0) is 16.4 Å². The van der Waals surface area contributed by atoms with E-state index >= 15 is 0 Å². The molecule has 0 aliphatic carbocycles. The highest BCUT2D eigenvalue weighted by Crippen LogP contribution is 2.34. The molecule has 1 fully saturated rings. The van der Waals surface area contributed by atoms with E-state index in [-0.39, 0.29) is 10.9 Å². The van der Waals surface area contributed by atoms with E-state index < -0.39 is 10.0 Å². The lowest BCUT2D eigenvalue weighted by molar-refractivity contribution is 0.172. The fourth-order valence-electron chi connectivity index (χ4n) is 2.92. The van der Waals surface area contributed by atoms with Gasteiger partial charge in [-0.2, -0.15) is 4.31 Å². The number of benzene rings is 1. The number of sulfonamides is 1. The van der Waals surface area contributed by atoms with E-state index in [0.29, 0.717) is 45.1 Å². The zero-order valence-electron chi connectivity index (χ0n) is 13.1. The van der Waals surface area contributed by atoms with Crippen molar-refractivity contribution in [2.24, 2.45) is 0 Å². The summed E-state index contributed by atoms with van der Waals surface area (Å²) in [6.45, 7) is 4.31. The molecule has 0 bridgehead atoms. The highest BCUT2D eigenvalue weighted by molar-refractivity contribution is 7.89. The second-order valence-electron chi connectivity index (χ2n) is 5.57. The van der Waals surface area contributed by atoms with E-state index in [9.17, 15) is 13.2 Å². The molecule has 1 saturated heterocycles. The molecule has 1 N–H and O–H groups in total. The molecule has 0 saturated carbocycles. The molecule has 1 aromatic rings. The highest BCUT2D eigenvalue weighted by atomic mass is 32.2. The number of ether oxygens (including phenoxy) is 1. The maximum Gasteiger partial charge on any atom is 0.317 e. The maximum atomic E-state index is 12.9. The number of amides is 2. The standard InChI is InChI=1S/C15H21N3O4S/c1-2-16-15(19)17-7-9-18(10-8-17)23(20,21)13-5-3-4-12-6-11-22-14(12)13/h3-5H,2,6-11H2,1H3,(H,16,19). The van der Waals surface area contributed by atoms with Crippen molar-refractivity contribution in [1.82, 2.24) is 14.5 Å². The average molecular weight is 339 g/mol. The van der Waals surface area contributed by atoms with Gasteiger partial charge in [0.2, 0.25) is 10.0 Å². The summed E-state index contributed by atoms with van der Waals surface area (Å²) in [6, 6.07) is 5.10. The highest BCUT2D eigenvalue weighted by Gasteiger charge is 2.33. The summed E-state index contributed by atoms with van der Waals surface area (Å²) >= 11 is 0. The van der Waals surface area contributed by atoms with Crippen LogP contribution in [0.5, 0.6) is 5.75 Å². The minimum absolute atomic E-state index is 0.145.